The summed E-state index contributed by atoms with van der Waals surface area (Å²) in [6.07, 6.45) is 0. The lowest BCUT2D eigenvalue weighted by Crippen LogP contribution is -2.40. The van der Waals surface area contributed by atoms with Gasteiger partial charge in [0.25, 0.3) is 0 Å². The Balaban J connectivity index is 1.40. The standard InChI is InChI=1S/C32H28Cl2FN3O6/c1-2-41-32(40)28(16-39)36-15-21-13-24(33)30(14-29(21)42-17-19-8-11-26-27(12-19)38-44-37-26)43-18-23-25(35)10-9-22(31(23)34)20-6-4-3-5-7-20/h3-14,28,36,39H,2,15-18H2,1H3/t28-/m1/s1. The maximum absolute atomic E-state index is 14.9. The first-order chi connectivity index (χ1) is 21.4. The van der Waals surface area contributed by atoms with Crippen molar-refractivity contribution in [3.63, 3.8) is 0 Å². The number of halogens is 3. The Labute approximate surface area is 262 Å². The number of ether oxygens (including phenoxy) is 3. The predicted molar refractivity (Wildman–Crippen MR) is 163 cm³/mol. The lowest BCUT2D eigenvalue weighted by atomic mass is 10.0. The van der Waals surface area contributed by atoms with Gasteiger partial charge in [-0.3, -0.25) is 10.1 Å². The van der Waals surface area contributed by atoms with Gasteiger partial charge in [0.1, 0.15) is 47.6 Å². The molecule has 0 aliphatic heterocycles. The number of nitrogens with one attached hydrogen (secondary N) is 1. The number of aliphatic hydroxyl groups is 1. The number of carbonyl (C=O) groups is 1. The van der Waals surface area contributed by atoms with Crippen LogP contribution in [-0.4, -0.2) is 40.6 Å². The molecule has 0 aliphatic rings. The summed E-state index contributed by atoms with van der Waals surface area (Å²) in [5, 5.41) is 20.8. The van der Waals surface area contributed by atoms with Gasteiger partial charge in [0.2, 0.25) is 0 Å². The van der Waals surface area contributed by atoms with E-state index in [9.17, 15) is 14.3 Å². The minimum atomic E-state index is -0.957. The molecule has 0 amide bonds. The van der Waals surface area contributed by atoms with Gasteiger partial charge in [-0.1, -0.05) is 59.6 Å². The first kappa shape index (κ1) is 31.2. The van der Waals surface area contributed by atoms with Crippen molar-refractivity contribution < 1.29 is 33.1 Å². The van der Waals surface area contributed by atoms with Gasteiger partial charge in [-0.15, -0.1) is 0 Å². The summed E-state index contributed by atoms with van der Waals surface area (Å²) < 4.78 is 36.8. The first-order valence-electron chi connectivity index (χ1n) is 13.7. The number of fused-ring (bicyclic) bond motifs is 1. The van der Waals surface area contributed by atoms with Crippen molar-refractivity contribution in [3.05, 3.63) is 105 Å². The van der Waals surface area contributed by atoms with Crippen LogP contribution >= 0.6 is 23.2 Å². The average Bonchev–Trinajstić information content (AvgIpc) is 3.50. The SMILES string of the molecule is CCOC(=O)[C@@H](CO)NCc1cc(Cl)c(OCc2c(F)ccc(-c3ccccc3)c2Cl)cc1OCc1ccc2nonc2c1. The van der Waals surface area contributed by atoms with E-state index >= 15 is 0 Å². The zero-order valence-electron chi connectivity index (χ0n) is 23.6. The lowest BCUT2D eigenvalue weighted by molar-refractivity contribution is -0.146. The predicted octanol–water partition coefficient (Wildman–Crippen LogP) is 6.51. The van der Waals surface area contributed by atoms with Crippen LogP contribution in [0.4, 0.5) is 4.39 Å². The maximum Gasteiger partial charge on any atom is 0.325 e. The van der Waals surface area contributed by atoms with Crippen molar-refractivity contribution in [2.24, 2.45) is 0 Å². The van der Waals surface area contributed by atoms with E-state index < -0.39 is 24.4 Å². The quantitative estimate of drug-likeness (QED) is 0.139. The van der Waals surface area contributed by atoms with Crippen LogP contribution < -0.4 is 14.8 Å². The van der Waals surface area contributed by atoms with Crippen molar-refractivity contribution in [2.45, 2.75) is 32.7 Å². The molecule has 0 unspecified atom stereocenters. The highest BCUT2D eigenvalue weighted by molar-refractivity contribution is 6.34. The number of benzene rings is 4. The Morgan fingerprint density at radius 3 is 2.52 bits per heavy atom. The Hall–Kier alpha value is -4.22. The number of esters is 1. The normalized spacial score (nSPS) is 11.8. The van der Waals surface area contributed by atoms with Gasteiger partial charge in [0.05, 0.1) is 23.3 Å². The number of hydrogen-bond donors (Lipinski definition) is 2. The van der Waals surface area contributed by atoms with Gasteiger partial charge < -0.3 is 19.3 Å². The fourth-order valence-electron chi connectivity index (χ4n) is 4.46. The molecule has 0 radical (unpaired) electrons. The summed E-state index contributed by atoms with van der Waals surface area (Å²) >= 11 is 13.2. The molecular formula is C32H28Cl2FN3O6. The Bertz CT molecular complexity index is 1750. The van der Waals surface area contributed by atoms with E-state index in [4.69, 9.17) is 42.0 Å². The van der Waals surface area contributed by atoms with Gasteiger partial charge in [-0.2, -0.15) is 0 Å². The third kappa shape index (κ3) is 7.28. The number of nitrogens with zero attached hydrogens (tertiary/aromatic N) is 2. The molecule has 44 heavy (non-hydrogen) atoms. The molecule has 5 rings (SSSR count). The van der Waals surface area contributed by atoms with E-state index in [1.165, 1.54) is 6.07 Å². The molecule has 9 nitrogen and oxygen atoms in total. The molecule has 12 heteroatoms. The third-order valence-electron chi connectivity index (χ3n) is 6.76. The molecule has 5 aromatic rings. The fraction of sp³-hybridized carbons (Fsp3) is 0.219. The van der Waals surface area contributed by atoms with Crippen LogP contribution in [0.1, 0.15) is 23.6 Å². The molecule has 1 atom stereocenters. The van der Waals surface area contributed by atoms with Crippen molar-refractivity contribution in [1.29, 1.82) is 0 Å². The molecule has 228 valence electrons. The maximum atomic E-state index is 14.9. The summed E-state index contributed by atoms with van der Waals surface area (Å²) in [5.74, 6) is -0.504. The largest absolute Gasteiger partial charge is 0.488 e. The molecule has 1 aromatic heterocycles. The highest BCUT2D eigenvalue weighted by Gasteiger charge is 2.21. The van der Waals surface area contributed by atoms with Crippen molar-refractivity contribution in [3.8, 4) is 22.6 Å². The minimum absolute atomic E-state index is 0.102. The number of carbonyl (C=O) groups excluding carboxylic acids is 1. The minimum Gasteiger partial charge on any atom is -0.488 e. The van der Waals surface area contributed by atoms with Gasteiger partial charge in [-0.25, -0.2) is 9.02 Å². The Morgan fingerprint density at radius 2 is 1.75 bits per heavy atom. The molecule has 0 spiro atoms. The van der Waals surface area contributed by atoms with Crippen LogP contribution in [0.5, 0.6) is 11.5 Å². The summed E-state index contributed by atoms with van der Waals surface area (Å²) in [7, 11) is 0. The van der Waals surface area contributed by atoms with E-state index in [2.05, 4.69) is 15.6 Å². The molecule has 0 saturated heterocycles. The van der Waals surface area contributed by atoms with Crippen LogP contribution in [0.25, 0.3) is 22.2 Å². The monoisotopic (exact) mass is 639 g/mol. The van der Waals surface area contributed by atoms with Gasteiger partial charge in [0, 0.05) is 29.3 Å². The molecule has 4 aromatic carbocycles. The van der Waals surface area contributed by atoms with Crippen molar-refractivity contribution in [1.82, 2.24) is 15.6 Å². The van der Waals surface area contributed by atoms with Crippen LogP contribution in [0, 0.1) is 5.82 Å². The molecule has 0 aliphatic carbocycles. The third-order valence-corrected chi connectivity index (χ3v) is 7.49. The van der Waals surface area contributed by atoms with E-state index in [-0.39, 0.29) is 47.7 Å². The van der Waals surface area contributed by atoms with Crippen molar-refractivity contribution >= 4 is 40.2 Å². The smallest absolute Gasteiger partial charge is 0.325 e. The zero-order valence-corrected chi connectivity index (χ0v) is 25.1. The van der Waals surface area contributed by atoms with Crippen LogP contribution in [0.3, 0.4) is 0 Å². The number of rotatable bonds is 13. The number of hydrogen-bond acceptors (Lipinski definition) is 9. The summed E-state index contributed by atoms with van der Waals surface area (Å²) in [6.45, 7) is 1.42. The second kappa shape index (κ2) is 14.5. The zero-order chi connectivity index (χ0) is 31.1. The highest BCUT2D eigenvalue weighted by Crippen LogP contribution is 2.37. The lowest BCUT2D eigenvalue weighted by Gasteiger charge is -2.19. The molecular weight excluding hydrogens is 612 g/mol. The molecule has 0 bridgehead atoms. The summed E-state index contributed by atoms with van der Waals surface area (Å²) in [6, 6.07) is 20.0. The number of aromatic nitrogens is 2. The van der Waals surface area contributed by atoms with Gasteiger partial charge in [0.15, 0.2) is 0 Å². The van der Waals surface area contributed by atoms with Gasteiger partial charge >= 0.3 is 5.97 Å². The van der Waals surface area contributed by atoms with E-state index in [1.54, 1.807) is 37.3 Å². The molecule has 2 N–H and O–H groups in total. The topological polar surface area (TPSA) is 116 Å². The average molecular weight is 640 g/mol. The first-order valence-corrected chi connectivity index (χ1v) is 14.5. The molecule has 0 fully saturated rings. The van der Waals surface area contributed by atoms with E-state index in [0.717, 1.165) is 11.1 Å². The molecule has 1 heterocycles. The molecule has 0 saturated carbocycles. The van der Waals surface area contributed by atoms with Gasteiger partial charge in [-0.05, 0) is 58.7 Å². The van der Waals surface area contributed by atoms with E-state index in [1.807, 2.05) is 36.4 Å². The summed E-state index contributed by atoms with van der Waals surface area (Å²) in [5.41, 5.74) is 4.23. The van der Waals surface area contributed by atoms with Crippen LogP contribution in [-0.2, 0) is 29.3 Å². The second-order valence-corrected chi connectivity index (χ2v) is 10.5. The van der Waals surface area contributed by atoms with Crippen LogP contribution in [0.2, 0.25) is 10.0 Å². The second-order valence-electron chi connectivity index (χ2n) is 9.68. The highest BCUT2D eigenvalue weighted by atomic mass is 35.5. The van der Waals surface area contributed by atoms with E-state index in [0.29, 0.717) is 27.9 Å². The Morgan fingerprint density at radius 1 is 0.977 bits per heavy atom. The Kier molecular flexibility index (Phi) is 10.3. The fourth-order valence-corrected chi connectivity index (χ4v) is 5.01. The van der Waals surface area contributed by atoms with Crippen molar-refractivity contribution in [2.75, 3.05) is 13.2 Å². The van der Waals surface area contributed by atoms with Crippen LogP contribution in [0.15, 0.2) is 77.4 Å². The summed E-state index contributed by atoms with van der Waals surface area (Å²) in [4.78, 5) is 12.2. The number of aliphatic hydroxyl groups excluding tert-OH is 1.